The van der Waals surface area contributed by atoms with E-state index in [2.05, 4.69) is 11.8 Å². The van der Waals surface area contributed by atoms with Crippen molar-refractivity contribution >= 4 is 0 Å². The maximum Gasteiger partial charge on any atom is 0.114 e. The number of rotatable bonds is 1. The molecule has 1 heteroatoms. The number of hydrogen-bond donors (Lipinski definition) is 1. The Morgan fingerprint density at radius 1 is 1.67 bits per heavy atom. The molecular formula is C8H12O. The second-order valence-corrected chi connectivity index (χ2v) is 2.49. The molecule has 1 N–H and O–H groups in total. The highest BCUT2D eigenvalue weighted by molar-refractivity contribution is 5.11. The van der Waals surface area contributed by atoms with Crippen LogP contribution in [-0.4, -0.2) is 11.2 Å². The molecule has 1 nitrogen and oxygen atoms in total. The molecule has 1 aliphatic rings. The van der Waals surface area contributed by atoms with Gasteiger partial charge in [-0.15, -0.1) is 0 Å². The van der Waals surface area contributed by atoms with Gasteiger partial charge in [-0.3, -0.25) is 0 Å². The van der Waals surface area contributed by atoms with Gasteiger partial charge in [0.25, 0.3) is 0 Å². The number of hydrogen-bond acceptors (Lipinski definition) is 1. The first-order valence-electron chi connectivity index (χ1n) is 3.52. The summed E-state index contributed by atoms with van der Waals surface area (Å²) >= 11 is 0. The van der Waals surface area contributed by atoms with E-state index in [1.165, 1.54) is 12.8 Å². The van der Waals surface area contributed by atoms with Crippen molar-refractivity contribution in [1.29, 1.82) is 0 Å². The number of aliphatic hydroxyl groups is 1. The van der Waals surface area contributed by atoms with Gasteiger partial charge in [-0.2, -0.15) is 0 Å². The Hall–Kier alpha value is -0.480. The summed E-state index contributed by atoms with van der Waals surface area (Å²) in [5.41, 5.74) is 0. The van der Waals surface area contributed by atoms with Gasteiger partial charge < -0.3 is 5.11 Å². The molecule has 0 heterocycles. The van der Waals surface area contributed by atoms with Crippen LogP contribution >= 0.6 is 0 Å². The fourth-order valence-electron chi connectivity index (χ4n) is 0.544. The van der Waals surface area contributed by atoms with Crippen molar-refractivity contribution in [3.05, 3.63) is 0 Å². The van der Waals surface area contributed by atoms with Crippen molar-refractivity contribution in [3.63, 3.8) is 0 Å². The Labute approximate surface area is 56.1 Å². The SMILES string of the molecule is CCC(O)C#CC1CC1. The lowest BCUT2D eigenvalue weighted by Crippen LogP contribution is -1.98. The van der Waals surface area contributed by atoms with Crippen LogP contribution in [0.3, 0.4) is 0 Å². The van der Waals surface area contributed by atoms with Crippen molar-refractivity contribution in [1.82, 2.24) is 0 Å². The molecule has 0 saturated heterocycles. The zero-order chi connectivity index (χ0) is 6.69. The predicted molar refractivity (Wildman–Crippen MR) is 36.8 cm³/mol. The van der Waals surface area contributed by atoms with Crippen LogP contribution in [-0.2, 0) is 0 Å². The topological polar surface area (TPSA) is 20.2 Å². The summed E-state index contributed by atoms with van der Waals surface area (Å²) in [5, 5.41) is 8.96. The Bertz CT molecular complexity index is 136. The molecule has 1 aliphatic carbocycles. The van der Waals surface area contributed by atoms with Gasteiger partial charge in [0.1, 0.15) is 6.10 Å². The van der Waals surface area contributed by atoms with E-state index in [0.717, 1.165) is 6.42 Å². The maximum atomic E-state index is 8.96. The smallest absolute Gasteiger partial charge is 0.114 e. The van der Waals surface area contributed by atoms with Crippen LogP contribution in [0.1, 0.15) is 26.2 Å². The molecule has 1 unspecified atom stereocenters. The Balaban J connectivity index is 2.21. The summed E-state index contributed by atoms with van der Waals surface area (Å²) in [6, 6.07) is 0. The van der Waals surface area contributed by atoms with Gasteiger partial charge in [0.15, 0.2) is 0 Å². The molecule has 0 radical (unpaired) electrons. The highest BCUT2D eigenvalue weighted by atomic mass is 16.3. The van der Waals surface area contributed by atoms with E-state index in [9.17, 15) is 0 Å². The fraction of sp³-hybridized carbons (Fsp3) is 0.750. The van der Waals surface area contributed by atoms with Crippen molar-refractivity contribution in [2.24, 2.45) is 5.92 Å². The highest BCUT2D eigenvalue weighted by Gasteiger charge is 2.17. The minimum absolute atomic E-state index is 0.384. The van der Waals surface area contributed by atoms with E-state index in [0.29, 0.717) is 5.92 Å². The molecule has 0 aromatic carbocycles. The summed E-state index contributed by atoms with van der Waals surface area (Å²) in [4.78, 5) is 0. The van der Waals surface area contributed by atoms with Crippen LogP contribution in [0, 0.1) is 17.8 Å². The predicted octanol–water partition coefficient (Wildman–Crippen LogP) is 1.17. The highest BCUT2D eigenvalue weighted by Crippen LogP contribution is 2.27. The third-order valence-electron chi connectivity index (χ3n) is 1.42. The molecule has 9 heavy (non-hydrogen) atoms. The van der Waals surface area contributed by atoms with Gasteiger partial charge in [-0.05, 0) is 19.3 Å². The van der Waals surface area contributed by atoms with Gasteiger partial charge in [0.2, 0.25) is 0 Å². The van der Waals surface area contributed by atoms with E-state index in [1.807, 2.05) is 6.92 Å². The average molecular weight is 124 g/mol. The molecule has 1 saturated carbocycles. The molecular weight excluding hydrogens is 112 g/mol. The second-order valence-electron chi connectivity index (χ2n) is 2.49. The first-order valence-corrected chi connectivity index (χ1v) is 3.52. The molecule has 0 amide bonds. The molecule has 0 aromatic rings. The van der Waals surface area contributed by atoms with Crippen LogP contribution in [0.15, 0.2) is 0 Å². The van der Waals surface area contributed by atoms with E-state index in [1.54, 1.807) is 0 Å². The molecule has 0 aliphatic heterocycles. The Kier molecular flexibility index (Phi) is 2.13. The van der Waals surface area contributed by atoms with Gasteiger partial charge in [-0.1, -0.05) is 18.8 Å². The Morgan fingerprint density at radius 3 is 2.78 bits per heavy atom. The summed E-state index contributed by atoms with van der Waals surface area (Å²) in [7, 11) is 0. The zero-order valence-electron chi connectivity index (χ0n) is 5.72. The molecule has 0 aromatic heterocycles. The first-order chi connectivity index (χ1) is 4.33. The molecule has 0 bridgehead atoms. The lowest BCUT2D eigenvalue weighted by atomic mass is 10.3. The van der Waals surface area contributed by atoms with Crippen molar-refractivity contribution in [2.75, 3.05) is 0 Å². The standard InChI is InChI=1S/C8H12O/c1-2-8(9)6-5-7-3-4-7/h7-9H,2-4H2,1H3. The maximum absolute atomic E-state index is 8.96. The molecule has 1 atom stereocenters. The molecule has 1 rings (SSSR count). The van der Waals surface area contributed by atoms with E-state index < -0.39 is 0 Å². The van der Waals surface area contributed by atoms with E-state index in [4.69, 9.17) is 5.11 Å². The van der Waals surface area contributed by atoms with E-state index in [-0.39, 0.29) is 6.10 Å². The first kappa shape index (κ1) is 6.64. The third kappa shape index (κ3) is 2.53. The van der Waals surface area contributed by atoms with Crippen LogP contribution in [0.4, 0.5) is 0 Å². The quantitative estimate of drug-likeness (QED) is 0.520. The van der Waals surface area contributed by atoms with Gasteiger partial charge in [-0.25, -0.2) is 0 Å². The molecule has 1 fully saturated rings. The van der Waals surface area contributed by atoms with Crippen LogP contribution in [0.2, 0.25) is 0 Å². The summed E-state index contributed by atoms with van der Waals surface area (Å²) in [6.45, 7) is 1.94. The van der Waals surface area contributed by atoms with Crippen LogP contribution < -0.4 is 0 Å². The van der Waals surface area contributed by atoms with Gasteiger partial charge in [0.05, 0.1) is 0 Å². The molecule has 0 spiro atoms. The van der Waals surface area contributed by atoms with Crippen LogP contribution in [0.25, 0.3) is 0 Å². The lowest BCUT2D eigenvalue weighted by Gasteiger charge is -1.92. The van der Waals surface area contributed by atoms with Crippen molar-refractivity contribution in [3.8, 4) is 11.8 Å². The monoisotopic (exact) mass is 124 g/mol. The lowest BCUT2D eigenvalue weighted by molar-refractivity contribution is 0.228. The fourth-order valence-corrected chi connectivity index (χ4v) is 0.544. The van der Waals surface area contributed by atoms with Crippen molar-refractivity contribution in [2.45, 2.75) is 32.3 Å². The zero-order valence-corrected chi connectivity index (χ0v) is 5.72. The van der Waals surface area contributed by atoms with Crippen molar-refractivity contribution < 1.29 is 5.11 Å². The largest absolute Gasteiger partial charge is 0.380 e. The Morgan fingerprint density at radius 2 is 2.33 bits per heavy atom. The average Bonchev–Trinajstić information content (AvgIpc) is 2.65. The second kappa shape index (κ2) is 2.89. The summed E-state index contributed by atoms with van der Waals surface area (Å²) in [5.74, 6) is 6.42. The summed E-state index contributed by atoms with van der Waals surface area (Å²) < 4.78 is 0. The van der Waals surface area contributed by atoms with Crippen LogP contribution in [0.5, 0.6) is 0 Å². The van der Waals surface area contributed by atoms with Gasteiger partial charge >= 0.3 is 0 Å². The third-order valence-corrected chi connectivity index (χ3v) is 1.42. The molecule has 50 valence electrons. The van der Waals surface area contributed by atoms with E-state index >= 15 is 0 Å². The number of aliphatic hydroxyl groups excluding tert-OH is 1. The van der Waals surface area contributed by atoms with Gasteiger partial charge in [0, 0.05) is 5.92 Å². The minimum atomic E-state index is -0.384. The normalized spacial score (nSPS) is 20.2. The minimum Gasteiger partial charge on any atom is -0.380 e. The summed E-state index contributed by atoms with van der Waals surface area (Å²) in [6.07, 6.45) is 2.85.